The Morgan fingerprint density at radius 2 is 1.89 bits per heavy atom. The summed E-state index contributed by atoms with van der Waals surface area (Å²) in [6.07, 6.45) is 1.38. The molecule has 0 atom stereocenters. The predicted molar refractivity (Wildman–Crippen MR) is 72.6 cm³/mol. The van der Waals surface area contributed by atoms with Crippen LogP contribution in [-0.2, 0) is 6.42 Å². The molecule has 0 aliphatic carbocycles. The molecule has 2 rings (SSSR count). The Morgan fingerprint density at radius 3 is 2.56 bits per heavy atom. The van der Waals surface area contributed by atoms with Crippen molar-refractivity contribution < 1.29 is 5.11 Å². The summed E-state index contributed by atoms with van der Waals surface area (Å²) >= 11 is 5.87. The van der Waals surface area contributed by atoms with Crippen LogP contribution in [0.2, 0.25) is 5.02 Å². The summed E-state index contributed by atoms with van der Waals surface area (Å²) in [5, 5.41) is 9.56. The molecule has 0 bridgehead atoms. The Bertz CT molecular complexity index is 526. The molecule has 1 heterocycles. The van der Waals surface area contributed by atoms with Crippen LogP contribution in [0, 0.1) is 6.92 Å². The van der Waals surface area contributed by atoms with Crippen molar-refractivity contribution in [3.63, 3.8) is 0 Å². The number of aliphatic hydroxyl groups is 1. The van der Waals surface area contributed by atoms with Gasteiger partial charge in [0.25, 0.3) is 0 Å². The Balaban J connectivity index is 2.32. The minimum atomic E-state index is 0.160. The molecule has 0 amide bonds. The quantitative estimate of drug-likeness (QED) is 0.921. The normalized spacial score (nSPS) is 10.6. The van der Waals surface area contributed by atoms with Gasteiger partial charge in [-0.3, -0.25) is 0 Å². The number of aliphatic hydroxyl groups excluding tert-OH is 1. The van der Waals surface area contributed by atoms with Gasteiger partial charge in [-0.15, -0.1) is 0 Å². The van der Waals surface area contributed by atoms with Gasteiger partial charge >= 0.3 is 0 Å². The highest BCUT2D eigenvalue weighted by molar-refractivity contribution is 6.30. The van der Waals surface area contributed by atoms with E-state index in [1.165, 1.54) is 0 Å². The first-order chi connectivity index (χ1) is 8.69. The van der Waals surface area contributed by atoms with E-state index < -0.39 is 0 Å². The number of aryl methyl sites for hydroxylation is 2. The zero-order valence-electron chi connectivity index (χ0n) is 10.2. The monoisotopic (exact) mass is 262 g/mol. The molecule has 0 spiro atoms. The lowest BCUT2D eigenvalue weighted by molar-refractivity contribution is 0.287. The molecule has 0 saturated carbocycles. The molecule has 0 aliphatic heterocycles. The Hall–Kier alpha value is -1.45. The fraction of sp³-hybridized carbons (Fsp3) is 0.286. The largest absolute Gasteiger partial charge is 0.396 e. The number of nitrogens with zero attached hydrogens (tertiary/aromatic N) is 2. The van der Waals surface area contributed by atoms with E-state index in [1.54, 1.807) is 0 Å². The first-order valence-electron chi connectivity index (χ1n) is 5.90. The van der Waals surface area contributed by atoms with Gasteiger partial charge in [0.15, 0.2) is 0 Å². The van der Waals surface area contributed by atoms with Crippen molar-refractivity contribution in [1.29, 1.82) is 0 Å². The van der Waals surface area contributed by atoms with Crippen molar-refractivity contribution in [2.75, 3.05) is 6.61 Å². The van der Waals surface area contributed by atoms with Crippen molar-refractivity contribution in [2.45, 2.75) is 19.8 Å². The van der Waals surface area contributed by atoms with E-state index in [0.717, 1.165) is 22.8 Å². The fourth-order valence-electron chi connectivity index (χ4n) is 1.75. The van der Waals surface area contributed by atoms with Crippen LogP contribution in [0.15, 0.2) is 30.3 Å². The van der Waals surface area contributed by atoms with Crippen molar-refractivity contribution in [2.24, 2.45) is 0 Å². The average molecular weight is 263 g/mol. The maximum absolute atomic E-state index is 8.84. The highest BCUT2D eigenvalue weighted by Crippen LogP contribution is 2.20. The Kier molecular flexibility index (Phi) is 4.28. The van der Waals surface area contributed by atoms with Crippen molar-refractivity contribution >= 4 is 11.6 Å². The molecule has 0 unspecified atom stereocenters. The topological polar surface area (TPSA) is 46.0 Å². The van der Waals surface area contributed by atoms with Gasteiger partial charge in [-0.1, -0.05) is 23.7 Å². The van der Waals surface area contributed by atoms with Gasteiger partial charge in [-0.2, -0.15) is 0 Å². The van der Waals surface area contributed by atoms with Crippen molar-refractivity contribution in [3.05, 3.63) is 46.9 Å². The second-order valence-electron chi connectivity index (χ2n) is 4.14. The number of halogens is 1. The molecule has 0 aliphatic rings. The zero-order chi connectivity index (χ0) is 13.0. The van der Waals surface area contributed by atoms with Gasteiger partial charge in [0.05, 0.1) is 5.69 Å². The number of hydrogen-bond donors (Lipinski definition) is 1. The third-order valence-corrected chi connectivity index (χ3v) is 2.85. The van der Waals surface area contributed by atoms with Crippen molar-refractivity contribution in [3.8, 4) is 11.3 Å². The SMILES string of the molecule is Cc1cc(-c2ccc(Cl)cc2)nc(CCCO)n1. The highest BCUT2D eigenvalue weighted by atomic mass is 35.5. The lowest BCUT2D eigenvalue weighted by Gasteiger charge is -2.06. The maximum atomic E-state index is 8.84. The summed E-state index contributed by atoms with van der Waals surface area (Å²) in [7, 11) is 0. The molecule has 1 aromatic heterocycles. The van der Waals surface area contributed by atoms with Gasteiger partial charge < -0.3 is 5.11 Å². The highest BCUT2D eigenvalue weighted by Gasteiger charge is 2.04. The molecule has 1 N–H and O–H groups in total. The van der Waals surface area contributed by atoms with E-state index in [-0.39, 0.29) is 6.61 Å². The molecule has 3 nitrogen and oxygen atoms in total. The smallest absolute Gasteiger partial charge is 0.129 e. The Labute approximate surface area is 111 Å². The van der Waals surface area contributed by atoms with Crippen LogP contribution in [0.5, 0.6) is 0 Å². The van der Waals surface area contributed by atoms with E-state index in [2.05, 4.69) is 9.97 Å². The van der Waals surface area contributed by atoms with E-state index in [4.69, 9.17) is 16.7 Å². The fourth-order valence-corrected chi connectivity index (χ4v) is 1.87. The van der Waals surface area contributed by atoms with Gasteiger partial charge in [0.1, 0.15) is 5.82 Å². The summed E-state index contributed by atoms with van der Waals surface area (Å²) in [4.78, 5) is 8.87. The number of benzene rings is 1. The third-order valence-electron chi connectivity index (χ3n) is 2.60. The molecule has 0 radical (unpaired) electrons. The summed E-state index contributed by atoms with van der Waals surface area (Å²) < 4.78 is 0. The maximum Gasteiger partial charge on any atom is 0.129 e. The standard InChI is InChI=1S/C14H15ClN2O/c1-10-9-13(11-4-6-12(15)7-5-11)17-14(16-10)3-2-8-18/h4-7,9,18H,2-3,8H2,1H3. The van der Waals surface area contributed by atoms with E-state index in [0.29, 0.717) is 17.9 Å². The summed E-state index contributed by atoms with van der Waals surface area (Å²) in [6, 6.07) is 9.54. The molecule has 0 saturated heterocycles. The predicted octanol–water partition coefficient (Wildman–Crippen LogP) is 3.03. The molecule has 94 valence electrons. The average Bonchev–Trinajstić information content (AvgIpc) is 2.36. The van der Waals surface area contributed by atoms with E-state index in [1.807, 2.05) is 37.3 Å². The zero-order valence-corrected chi connectivity index (χ0v) is 11.0. The van der Waals surface area contributed by atoms with E-state index >= 15 is 0 Å². The van der Waals surface area contributed by atoms with Gasteiger partial charge in [0, 0.05) is 29.3 Å². The molecular formula is C14H15ClN2O. The number of rotatable bonds is 4. The molecule has 1 aromatic carbocycles. The van der Waals surface area contributed by atoms with Crippen molar-refractivity contribution in [1.82, 2.24) is 9.97 Å². The van der Waals surface area contributed by atoms with Gasteiger partial charge in [0.2, 0.25) is 0 Å². The molecule has 0 fully saturated rings. The van der Waals surface area contributed by atoms with Crippen LogP contribution >= 0.6 is 11.6 Å². The number of hydrogen-bond acceptors (Lipinski definition) is 3. The molecule has 2 aromatic rings. The lowest BCUT2D eigenvalue weighted by Crippen LogP contribution is -2.00. The minimum Gasteiger partial charge on any atom is -0.396 e. The van der Waals surface area contributed by atoms with Crippen LogP contribution < -0.4 is 0 Å². The van der Waals surface area contributed by atoms with Crippen LogP contribution in [0.25, 0.3) is 11.3 Å². The summed E-state index contributed by atoms with van der Waals surface area (Å²) in [5.41, 5.74) is 2.85. The second kappa shape index (κ2) is 5.94. The van der Waals surface area contributed by atoms with Crippen LogP contribution in [0.1, 0.15) is 17.9 Å². The third kappa shape index (κ3) is 3.28. The summed E-state index contributed by atoms with van der Waals surface area (Å²) in [6.45, 7) is 2.11. The van der Waals surface area contributed by atoms with Crippen LogP contribution in [0.3, 0.4) is 0 Å². The van der Waals surface area contributed by atoms with E-state index in [9.17, 15) is 0 Å². The molecule has 18 heavy (non-hydrogen) atoms. The van der Waals surface area contributed by atoms with Crippen LogP contribution in [0.4, 0.5) is 0 Å². The number of aromatic nitrogens is 2. The van der Waals surface area contributed by atoms with Crippen LogP contribution in [-0.4, -0.2) is 21.7 Å². The lowest BCUT2D eigenvalue weighted by atomic mass is 10.1. The molecule has 4 heteroatoms. The van der Waals surface area contributed by atoms with Gasteiger partial charge in [-0.05, 0) is 31.5 Å². The Morgan fingerprint density at radius 1 is 1.17 bits per heavy atom. The minimum absolute atomic E-state index is 0.160. The summed E-state index contributed by atoms with van der Waals surface area (Å²) in [5.74, 6) is 0.772. The van der Waals surface area contributed by atoms with Gasteiger partial charge in [-0.25, -0.2) is 9.97 Å². The second-order valence-corrected chi connectivity index (χ2v) is 4.58. The first-order valence-corrected chi connectivity index (χ1v) is 6.28. The first kappa shape index (κ1) is 13.0. The molecular weight excluding hydrogens is 248 g/mol.